The molecule has 0 radical (unpaired) electrons. The number of nitrogen functional groups attached to an aromatic ring is 1. The summed E-state index contributed by atoms with van der Waals surface area (Å²) >= 11 is 0. The second-order valence-corrected chi connectivity index (χ2v) is 7.95. The first-order valence-electron chi connectivity index (χ1n) is 9.83. The van der Waals surface area contributed by atoms with Gasteiger partial charge in [-0.3, -0.25) is 0 Å². The quantitative estimate of drug-likeness (QED) is 0.641. The first-order chi connectivity index (χ1) is 13.9. The molecule has 1 aliphatic heterocycles. The van der Waals surface area contributed by atoms with Crippen LogP contribution < -0.4 is 5.73 Å². The second kappa shape index (κ2) is 7.77. The highest BCUT2D eigenvalue weighted by atomic mass is 16.7. The molecule has 29 heavy (non-hydrogen) atoms. The molecule has 0 unspecified atom stereocenters. The average Bonchev–Trinajstić information content (AvgIpc) is 3.23. The molecule has 1 aliphatic carbocycles. The van der Waals surface area contributed by atoms with Crippen molar-refractivity contribution in [2.75, 3.05) is 12.3 Å². The number of aliphatic hydroxyl groups excluding tert-OH is 2. The van der Waals surface area contributed by atoms with Crippen molar-refractivity contribution in [1.82, 2.24) is 14.6 Å². The van der Waals surface area contributed by atoms with Crippen LogP contribution in [-0.4, -0.2) is 61.5 Å². The van der Waals surface area contributed by atoms with Crippen molar-refractivity contribution < 1.29 is 29.2 Å². The van der Waals surface area contributed by atoms with Crippen LogP contribution in [0.1, 0.15) is 50.8 Å². The number of ether oxygens (including phenoxy) is 3. The van der Waals surface area contributed by atoms with Crippen molar-refractivity contribution in [2.45, 2.75) is 69.0 Å². The zero-order chi connectivity index (χ0) is 20.6. The van der Waals surface area contributed by atoms with Crippen molar-refractivity contribution in [1.29, 1.82) is 0 Å². The summed E-state index contributed by atoms with van der Waals surface area (Å²) in [6.45, 7) is 1.67. The molecule has 0 amide bonds. The SMILES string of the molecule is CC1(OC(=O)OC[C@H]2O[C@@H](c3ccc4c(N)ncnn34)[C@H](O)[C@@H]2O)CCCCC1. The molecule has 0 aromatic carbocycles. The fourth-order valence-corrected chi connectivity index (χ4v) is 4.10. The van der Waals surface area contributed by atoms with Gasteiger partial charge in [0.15, 0.2) is 5.82 Å². The van der Waals surface area contributed by atoms with Crippen LogP contribution in [0.5, 0.6) is 0 Å². The number of aromatic nitrogens is 3. The van der Waals surface area contributed by atoms with Gasteiger partial charge in [0.25, 0.3) is 0 Å². The third-order valence-electron chi connectivity index (χ3n) is 5.77. The molecule has 1 saturated heterocycles. The van der Waals surface area contributed by atoms with Crippen molar-refractivity contribution in [3.05, 3.63) is 24.2 Å². The van der Waals surface area contributed by atoms with Gasteiger partial charge in [0, 0.05) is 0 Å². The smallest absolute Gasteiger partial charge is 0.431 e. The molecule has 10 nitrogen and oxygen atoms in total. The molecular weight excluding hydrogens is 380 g/mol. The highest BCUT2D eigenvalue weighted by Crippen LogP contribution is 2.35. The van der Waals surface area contributed by atoms with Crippen LogP contribution in [0.25, 0.3) is 5.52 Å². The Balaban J connectivity index is 1.39. The van der Waals surface area contributed by atoms with Gasteiger partial charge in [-0.25, -0.2) is 14.3 Å². The number of rotatable bonds is 4. The summed E-state index contributed by atoms with van der Waals surface area (Å²) in [7, 11) is 0. The average molecular weight is 406 g/mol. The van der Waals surface area contributed by atoms with Gasteiger partial charge in [-0.2, -0.15) is 5.10 Å². The van der Waals surface area contributed by atoms with Gasteiger partial charge in [0.2, 0.25) is 0 Å². The van der Waals surface area contributed by atoms with Crippen LogP contribution in [0.3, 0.4) is 0 Å². The van der Waals surface area contributed by atoms with Crippen molar-refractivity contribution >= 4 is 17.5 Å². The summed E-state index contributed by atoms with van der Waals surface area (Å²) in [5.74, 6) is 0.290. The molecule has 1 saturated carbocycles. The zero-order valence-corrected chi connectivity index (χ0v) is 16.2. The van der Waals surface area contributed by atoms with Crippen LogP contribution in [-0.2, 0) is 14.2 Å². The van der Waals surface area contributed by atoms with E-state index in [2.05, 4.69) is 10.1 Å². The van der Waals surface area contributed by atoms with E-state index in [9.17, 15) is 15.0 Å². The van der Waals surface area contributed by atoms with Crippen molar-refractivity contribution in [2.24, 2.45) is 0 Å². The number of anilines is 1. The Morgan fingerprint density at radius 3 is 2.83 bits per heavy atom. The van der Waals surface area contributed by atoms with Crippen molar-refractivity contribution in [3.8, 4) is 0 Å². The summed E-state index contributed by atoms with van der Waals surface area (Å²) in [5.41, 5.74) is 6.39. The molecule has 2 aromatic rings. The second-order valence-electron chi connectivity index (χ2n) is 7.95. The lowest BCUT2D eigenvalue weighted by atomic mass is 9.86. The van der Waals surface area contributed by atoms with Gasteiger partial charge in [0.1, 0.15) is 48.5 Å². The number of hydrogen-bond donors (Lipinski definition) is 3. The summed E-state index contributed by atoms with van der Waals surface area (Å²) in [5, 5.41) is 25.0. The van der Waals surface area contributed by atoms with E-state index in [0.717, 1.165) is 32.1 Å². The molecule has 158 valence electrons. The van der Waals surface area contributed by atoms with Gasteiger partial charge in [-0.1, -0.05) is 6.42 Å². The minimum atomic E-state index is -1.23. The number of nitrogens with two attached hydrogens (primary N) is 1. The van der Waals surface area contributed by atoms with E-state index < -0.39 is 36.2 Å². The number of aliphatic hydroxyl groups is 2. The largest absolute Gasteiger partial charge is 0.508 e. The highest BCUT2D eigenvalue weighted by molar-refractivity contribution is 5.65. The summed E-state index contributed by atoms with van der Waals surface area (Å²) in [6, 6.07) is 3.40. The van der Waals surface area contributed by atoms with Gasteiger partial charge < -0.3 is 30.2 Å². The van der Waals surface area contributed by atoms with Gasteiger partial charge in [-0.05, 0) is 44.7 Å². The number of hydrogen-bond acceptors (Lipinski definition) is 9. The lowest BCUT2D eigenvalue weighted by Gasteiger charge is -2.32. The predicted octanol–water partition coefficient (Wildman–Crippen LogP) is 1.35. The molecule has 2 aromatic heterocycles. The Morgan fingerprint density at radius 1 is 1.31 bits per heavy atom. The Bertz CT molecular complexity index is 881. The molecular formula is C19H26N4O6. The maximum atomic E-state index is 12.1. The molecule has 2 fully saturated rings. The molecule has 3 heterocycles. The number of fused-ring (bicyclic) bond motifs is 1. The lowest BCUT2D eigenvalue weighted by Crippen LogP contribution is -2.37. The van der Waals surface area contributed by atoms with E-state index in [1.165, 1.54) is 10.8 Å². The summed E-state index contributed by atoms with van der Waals surface area (Å²) in [6.07, 6.45) is 1.07. The topological polar surface area (TPSA) is 141 Å². The maximum Gasteiger partial charge on any atom is 0.508 e. The summed E-state index contributed by atoms with van der Waals surface area (Å²) in [4.78, 5) is 16.0. The summed E-state index contributed by atoms with van der Waals surface area (Å²) < 4.78 is 17.9. The maximum absolute atomic E-state index is 12.1. The lowest BCUT2D eigenvalue weighted by molar-refractivity contribution is -0.0727. The van der Waals surface area contributed by atoms with Gasteiger partial charge >= 0.3 is 6.16 Å². The number of carbonyl (C=O) groups excluding carboxylic acids is 1. The molecule has 2 aliphatic rings. The Morgan fingerprint density at radius 2 is 2.07 bits per heavy atom. The van der Waals surface area contributed by atoms with Crippen molar-refractivity contribution in [3.63, 3.8) is 0 Å². The molecule has 0 bridgehead atoms. The molecule has 0 spiro atoms. The first kappa shape index (κ1) is 19.9. The fraction of sp³-hybridized carbons (Fsp3) is 0.632. The zero-order valence-electron chi connectivity index (χ0n) is 16.2. The van der Waals surface area contributed by atoms with E-state index in [0.29, 0.717) is 11.2 Å². The molecule has 4 atom stereocenters. The van der Waals surface area contributed by atoms with E-state index in [1.54, 1.807) is 12.1 Å². The first-order valence-corrected chi connectivity index (χ1v) is 9.83. The Kier molecular flexibility index (Phi) is 5.32. The molecule has 10 heteroatoms. The normalized spacial score (nSPS) is 29.1. The third-order valence-corrected chi connectivity index (χ3v) is 5.77. The van der Waals surface area contributed by atoms with E-state index >= 15 is 0 Å². The van der Waals surface area contributed by atoms with E-state index in [-0.39, 0.29) is 12.4 Å². The van der Waals surface area contributed by atoms with Gasteiger partial charge in [-0.15, -0.1) is 0 Å². The predicted molar refractivity (Wildman–Crippen MR) is 101 cm³/mol. The minimum Gasteiger partial charge on any atom is -0.431 e. The van der Waals surface area contributed by atoms with Crippen LogP contribution in [0.2, 0.25) is 0 Å². The molecule has 4 rings (SSSR count). The monoisotopic (exact) mass is 406 g/mol. The Hall–Kier alpha value is -2.43. The van der Waals surface area contributed by atoms with E-state index in [1.807, 2.05) is 6.92 Å². The van der Waals surface area contributed by atoms with Crippen LogP contribution in [0.15, 0.2) is 18.5 Å². The van der Waals surface area contributed by atoms with E-state index in [4.69, 9.17) is 19.9 Å². The highest BCUT2D eigenvalue weighted by Gasteiger charge is 2.45. The van der Waals surface area contributed by atoms with Crippen LogP contribution >= 0.6 is 0 Å². The minimum absolute atomic E-state index is 0.232. The number of carbonyl (C=O) groups is 1. The Labute approximate surface area is 167 Å². The number of nitrogens with zero attached hydrogens (tertiary/aromatic N) is 3. The van der Waals surface area contributed by atoms with Crippen LogP contribution in [0, 0.1) is 0 Å². The van der Waals surface area contributed by atoms with Crippen LogP contribution in [0.4, 0.5) is 10.6 Å². The van der Waals surface area contributed by atoms with Gasteiger partial charge in [0.05, 0.1) is 5.69 Å². The standard InChI is InChI=1S/C19H26N4O6/c1-19(7-3-2-4-8-19)29-18(26)27-9-13-14(24)15(25)16(28-13)11-5-6-12-17(20)21-10-22-23(11)12/h5-6,10,13-16,24-25H,2-4,7-9H2,1H3,(H2,20,21,22)/t13-,14-,15-,16+/m1/s1. The fourth-order valence-electron chi connectivity index (χ4n) is 4.10. The third kappa shape index (κ3) is 3.87. The molecule has 4 N–H and O–H groups in total.